The first-order valence-electron chi connectivity index (χ1n) is 7.48. The fourth-order valence-corrected chi connectivity index (χ4v) is 2.76. The minimum Gasteiger partial charge on any atom is -0.496 e. The molecule has 1 heterocycles. The third-order valence-corrected chi connectivity index (χ3v) is 4.25. The minimum atomic E-state index is -0.333. The molecule has 3 rings (SSSR count). The zero-order chi connectivity index (χ0) is 17.8. The third kappa shape index (κ3) is 3.95. The molecule has 25 heavy (non-hydrogen) atoms. The summed E-state index contributed by atoms with van der Waals surface area (Å²) in [5.41, 5.74) is 1.25. The summed E-state index contributed by atoms with van der Waals surface area (Å²) in [5.74, 6) is 0.659. The topological polar surface area (TPSA) is 56.1 Å². The molecule has 0 atom stereocenters. The summed E-state index contributed by atoms with van der Waals surface area (Å²) in [6.45, 7) is 0.439. The number of carbonyl (C=O) groups is 1. The Bertz CT molecular complexity index is 909. The average molecular weight is 376 g/mol. The normalized spacial score (nSPS) is 10.5. The number of methoxy groups -OCH3 is 1. The SMILES string of the molecule is COc1ccc(Cl)cc1C(=O)Nc1ccnn1Cc1ccccc1Cl. The van der Waals surface area contributed by atoms with E-state index in [1.54, 1.807) is 35.1 Å². The fraction of sp³-hybridized carbons (Fsp3) is 0.111. The molecule has 2 aromatic carbocycles. The number of rotatable bonds is 5. The molecular weight excluding hydrogens is 361 g/mol. The Labute approximate surface area is 155 Å². The van der Waals surface area contributed by atoms with Gasteiger partial charge in [-0.25, -0.2) is 4.68 Å². The Morgan fingerprint density at radius 1 is 1.20 bits per heavy atom. The van der Waals surface area contributed by atoms with E-state index < -0.39 is 0 Å². The summed E-state index contributed by atoms with van der Waals surface area (Å²) in [7, 11) is 1.50. The van der Waals surface area contributed by atoms with Gasteiger partial charge in [-0.05, 0) is 29.8 Å². The van der Waals surface area contributed by atoms with E-state index in [9.17, 15) is 4.79 Å². The lowest BCUT2D eigenvalue weighted by Crippen LogP contribution is -2.17. The lowest BCUT2D eigenvalue weighted by atomic mass is 10.2. The highest BCUT2D eigenvalue weighted by Gasteiger charge is 2.15. The number of benzene rings is 2. The van der Waals surface area contributed by atoms with Gasteiger partial charge in [-0.3, -0.25) is 4.79 Å². The van der Waals surface area contributed by atoms with E-state index in [0.717, 1.165) is 5.56 Å². The van der Waals surface area contributed by atoms with Gasteiger partial charge in [-0.1, -0.05) is 41.4 Å². The van der Waals surface area contributed by atoms with Gasteiger partial charge in [0.2, 0.25) is 0 Å². The first kappa shape index (κ1) is 17.3. The summed E-state index contributed by atoms with van der Waals surface area (Å²) in [5, 5.41) is 8.17. The number of amides is 1. The molecular formula is C18H15Cl2N3O2. The highest BCUT2D eigenvalue weighted by molar-refractivity contribution is 6.31. The van der Waals surface area contributed by atoms with Crippen molar-refractivity contribution in [1.82, 2.24) is 9.78 Å². The quantitative estimate of drug-likeness (QED) is 0.714. The average Bonchev–Trinajstić information content (AvgIpc) is 3.03. The molecule has 1 aromatic heterocycles. The number of nitrogens with one attached hydrogen (secondary N) is 1. The van der Waals surface area contributed by atoms with Crippen LogP contribution in [0.25, 0.3) is 0 Å². The van der Waals surface area contributed by atoms with Crippen LogP contribution >= 0.6 is 23.2 Å². The molecule has 3 aromatic rings. The van der Waals surface area contributed by atoms with E-state index in [4.69, 9.17) is 27.9 Å². The van der Waals surface area contributed by atoms with Crippen molar-refractivity contribution in [3.05, 3.63) is 75.9 Å². The molecule has 1 N–H and O–H groups in total. The van der Waals surface area contributed by atoms with E-state index in [1.807, 2.05) is 24.3 Å². The van der Waals surface area contributed by atoms with E-state index in [1.165, 1.54) is 7.11 Å². The first-order valence-corrected chi connectivity index (χ1v) is 8.24. The largest absolute Gasteiger partial charge is 0.496 e. The molecule has 128 valence electrons. The molecule has 1 amide bonds. The summed E-state index contributed by atoms with van der Waals surface area (Å²) in [6, 6.07) is 14.1. The highest BCUT2D eigenvalue weighted by Crippen LogP contribution is 2.24. The Hall–Kier alpha value is -2.50. The van der Waals surface area contributed by atoms with E-state index in [-0.39, 0.29) is 5.91 Å². The van der Waals surface area contributed by atoms with Crippen molar-refractivity contribution in [2.75, 3.05) is 12.4 Å². The van der Waals surface area contributed by atoms with Crippen LogP contribution in [0.4, 0.5) is 5.82 Å². The predicted octanol–water partition coefficient (Wildman–Crippen LogP) is 4.50. The molecule has 0 bridgehead atoms. The van der Waals surface area contributed by atoms with Crippen LogP contribution in [0.5, 0.6) is 5.75 Å². The fourth-order valence-electron chi connectivity index (χ4n) is 2.39. The van der Waals surface area contributed by atoms with E-state index >= 15 is 0 Å². The number of carbonyl (C=O) groups excluding carboxylic acids is 1. The summed E-state index contributed by atoms with van der Waals surface area (Å²) >= 11 is 12.2. The van der Waals surface area contributed by atoms with Gasteiger partial charge >= 0.3 is 0 Å². The number of hydrogen-bond donors (Lipinski definition) is 1. The van der Waals surface area contributed by atoms with E-state index in [2.05, 4.69) is 10.4 Å². The Morgan fingerprint density at radius 3 is 2.76 bits per heavy atom. The number of aromatic nitrogens is 2. The van der Waals surface area contributed by atoms with Gasteiger partial charge in [-0.15, -0.1) is 0 Å². The summed E-state index contributed by atoms with van der Waals surface area (Å²) < 4.78 is 6.89. The second kappa shape index (κ2) is 7.59. The van der Waals surface area contributed by atoms with Gasteiger partial charge in [0.25, 0.3) is 5.91 Å². The molecule has 0 saturated carbocycles. The number of nitrogens with zero attached hydrogens (tertiary/aromatic N) is 2. The van der Waals surface area contributed by atoms with Crippen LogP contribution in [-0.4, -0.2) is 22.8 Å². The molecule has 7 heteroatoms. The predicted molar refractivity (Wildman–Crippen MR) is 98.7 cm³/mol. The van der Waals surface area contributed by atoms with E-state index in [0.29, 0.717) is 33.7 Å². The van der Waals surface area contributed by atoms with Crippen molar-refractivity contribution in [1.29, 1.82) is 0 Å². The number of anilines is 1. The monoisotopic (exact) mass is 375 g/mol. The smallest absolute Gasteiger partial charge is 0.260 e. The standard InChI is InChI=1S/C18H15Cl2N3O2/c1-25-16-7-6-13(19)10-14(16)18(24)22-17-8-9-21-23(17)11-12-4-2-3-5-15(12)20/h2-10H,11H2,1H3,(H,22,24). The van der Waals surface area contributed by atoms with Gasteiger partial charge in [-0.2, -0.15) is 5.10 Å². The van der Waals surface area contributed by atoms with Gasteiger partial charge < -0.3 is 10.1 Å². The highest BCUT2D eigenvalue weighted by atomic mass is 35.5. The summed E-state index contributed by atoms with van der Waals surface area (Å²) in [6.07, 6.45) is 1.61. The molecule has 0 aliphatic heterocycles. The van der Waals surface area contributed by atoms with Crippen molar-refractivity contribution in [2.24, 2.45) is 0 Å². The second-order valence-corrected chi connectivity index (χ2v) is 6.11. The minimum absolute atomic E-state index is 0.333. The maximum Gasteiger partial charge on any atom is 0.260 e. The van der Waals surface area contributed by atoms with Crippen LogP contribution in [0.2, 0.25) is 10.0 Å². The Kier molecular flexibility index (Phi) is 5.26. The zero-order valence-corrected chi connectivity index (χ0v) is 14.9. The van der Waals surface area contributed by atoms with Crippen molar-refractivity contribution in [3.63, 3.8) is 0 Å². The van der Waals surface area contributed by atoms with Crippen LogP contribution in [-0.2, 0) is 6.54 Å². The molecule has 0 fully saturated rings. The number of halogens is 2. The maximum atomic E-state index is 12.6. The molecule has 0 radical (unpaired) electrons. The third-order valence-electron chi connectivity index (χ3n) is 3.64. The lowest BCUT2D eigenvalue weighted by molar-refractivity contribution is 0.102. The Balaban J connectivity index is 1.83. The second-order valence-electron chi connectivity index (χ2n) is 5.26. The zero-order valence-electron chi connectivity index (χ0n) is 13.4. The number of hydrogen-bond acceptors (Lipinski definition) is 3. The molecule has 5 nitrogen and oxygen atoms in total. The van der Waals surface area contributed by atoms with Crippen LogP contribution < -0.4 is 10.1 Å². The number of ether oxygens (including phenoxy) is 1. The van der Waals surface area contributed by atoms with Gasteiger partial charge in [0, 0.05) is 16.1 Å². The molecule has 0 spiro atoms. The summed E-state index contributed by atoms with van der Waals surface area (Å²) in [4.78, 5) is 12.6. The van der Waals surface area contributed by atoms with Crippen LogP contribution in [0.15, 0.2) is 54.7 Å². The van der Waals surface area contributed by atoms with Crippen molar-refractivity contribution in [2.45, 2.75) is 6.54 Å². The Morgan fingerprint density at radius 2 is 2.00 bits per heavy atom. The van der Waals surface area contributed by atoms with Crippen LogP contribution in [0.3, 0.4) is 0 Å². The van der Waals surface area contributed by atoms with Crippen molar-refractivity contribution >= 4 is 34.9 Å². The molecule has 0 aliphatic rings. The maximum absolute atomic E-state index is 12.6. The van der Waals surface area contributed by atoms with Crippen LogP contribution in [0.1, 0.15) is 15.9 Å². The molecule has 0 aliphatic carbocycles. The van der Waals surface area contributed by atoms with Gasteiger partial charge in [0.1, 0.15) is 11.6 Å². The van der Waals surface area contributed by atoms with Gasteiger partial charge in [0.05, 0.1) is 25.4 Å². The molecule has 0 saturated heterocycles. The van der Waals surface area contributed by atoms with Crippen molar-refractivity contribution < 1.29 is 9.53 Å². The van der Waals surface area contributed by atoms with Crippen molar-refractivity contribution in [3.8, 4) is 5.75 Å². The van der Waals surface area contributed by atoms with Gasteiger partial charge in [0.15, 0.2) is 0 Å². The lowest BCUT2D eigenvalue weighted by Gasteiger charge is -2.12. The first-order chi connectivity index (χ1) is 12.1. The van der Waals surface area contributed by atoms with Crippen LogP contribution in [0, 0.1) is 0 Å². The molecule has 0 unspecified atom stereocenters.